The average Bonchev–Trinajstić information content (AvgIpc) is 2.46. The summed E-state index contributed by atoms with van der Waals surface area (Å²) in [5.74, 6) is 0.712. The molecule has 0 aromatic heterocycles. The van der Waals surface area contributed by atoms with Crippen LogP contribution >= 0.6 is 0 Å². The molecular weight excluding hydrogens is 248 g/mol. The maximum absolute atomic E-state index is 12.3. The van der Waals surface area contributed by atoms with Crippen molar-refractivity contribution >= 4 is 5.91 Å². The summed E-state index contributed by atoms with van der Waals surface area (Å²) in [7, 11) is 0. The van der Waals surface area contributed by atoms with Crippen molar-refractivity contribution in [3.05, 3.63) is 35.4 Å². The number of rotatable bonds is 4. The van der Waals surface area contributed by atoms with Gasteiger partial charge >= 0.3 is 0 Å². The Bertz CT molecular complexity index is 445. The number of carbonyl (C=O) groups is 1. The predicted molar refractivity (Wildman–Crippen MR) is 82.6 cm³/mol. The Hall–Kier alpha value is -1.35. The van der Waals surface area contributed by atoms with E-state index in [1.54, 1.807) is 0 Å². The van der Waals surface area contributed by atoms with E-state index in [1.165, 1.54) is 5.56 Å². The van der Waals surface area contributed by atoms with Crippen LogP contribution in [0.5, 0.6) is 0 Å². The fraction of sp³-hybridized carbons (Fsp3) is 0.588. The lowest BCUT2D eigenvalue weighted by Crippen LogP contribution is -2.48. The van der Waals surface area contributed by atoms with Crippen LogP contribution < -0.4 is 10.6 Å². The van der Waals surface area contributed by atoms with Gasteiger partial charge in [-0.15, -0.1) is 0 Å². The number of carbonyl (C=O) groups excluding carboxylic acids is 1. The van der Waals surface area contributed by atoms with E-state index in [9.17, 15) is 4.79 Å². The Morgan fingerprint density at radius 1 is 1.35 bits per heavy atom. The van der Waals surface area contributed by atoms with Crippen molar-refractivity contribution in [3.8, 4) is 0 Å². The van der Waals surface area contributed by atoms with Crippen LogP contribution in [0.1, 0.15) is 50.7 Å². The lowest BCUT2D eigenvalue weighted by molar-refractivity contribution is -0.131. The molecule has 0 radical (unpaired) electrons. The summed E-state index contributed by atoms with van der Waals surface area (Å²) in [4.78, 5) is 12.3. The first-order valence-corrected chi connectivity index (χ1v) is 7.59. The van der Waals surface area contributed by atoms with Crippen molar-refractivity contribution in [3.63, 3.8) is 0 Å². The Balaban J connectivity index is 1.89. The zero-order chi connectivity index (χ0) is 14.6. The molecule has 0 aliphatic carbocycles. The third kappa shape index (κ3) is 3.60. The molecule has 1 aromatic carbocycles. The highest BCUT2D eigenvalue weighted by atomic mass is 16.2. The molecule has 2 rings (SSSR count). The highest BCUT2D eigenvalue weighted by Gasteiger charge is 2.34. The molecule has 1 aliphatic heterocycles. The second-order valence-electron chi connectivity index (χ2n) is 6.42. The van der Waals surface area contributed by atoms with Crippen LogP contribution in [0.4, 0.5) is 0 Å². The van der Waals surface area contributed by atoms with Gasteiger partial charge in [0.2, 0.25) is 5.91 Å². The molecule has 1 unspecified atom stereocenters. The van der Waals surface area contributed by atoms with Crippen molar-refractivity contribution < 1.29 is 4.79 Å². The van der Waals surface area contributed by atoms with Gasteiger partial charge in [-0.05, 0) is 43.4 Å². The van der Waals surface area contributed by atoms with Crippen molar-refractivity contribution in [2.75, 3.05) is 13.1 Å². The SMILES string of the molecule is CC(C)c1ccc(CNC(=O)C2(C)CCCNC2)cc1. The molecule has 3 heteroatoms. The van der Waals surface area contributed by atoms with Gasteiger partial charge in [-0.1, -0.05) is 38.1 Å². The van der Waals surface area contributed by atoms with Crippen molar-refractivity contribution in [1.82, 2.24) is 10.6 Å². The minimum atomic E-state index is -0.254. The molecule has 3 nitrogen and oxygen atoms in total. The molecule has 1 fully saturated rings. The summed E-state index contributed by atoms with van der Waals surface area (Å²) in [6.45, 7) is 8.86. The van der Waals surface area contributed by atoms with Crippen LogP contribution in [0.2, 0.25) is 0 Å². The van der Waals surface area contributed by atoms with Crippen molar-refractivity contribution in [2.24, 2.45) is 5.41 Å². The number of benzene rings is 1. The molecule has 0 saturated carbocycles. The Labute approximate surface area is 122 Å². The fourth-order valence-corrected chi connectivity index (χ4v) is 2.67. The van der Waals surface area contributed by atoms with E-state index in [-0.39, 0.29) is 11.3 Å². The zero-order valence-corrected chi connectivity index (χ0v) is 12.8. The summed E-state index contributed by atoms with van der Waals surface area (Å²) in [5, 5.41) is 6.39. The highest BCUT2D eigenvalue weighted by Crippen LogP contribution is 2.25. The minimum absolute atomic E-state index is 0.164. The van der Waals surface area contributed by atoms with Crippen LogP contribution in [0, 0.1) is 5.41 Å². The van der Waals surface area contributed by atoms with Gasteiger partial charge in [-0.25, -0.2) is 0 Å². The summed E-state index contributed by atoms with van der Waals surface area (Å²) < 4.78 is 0. The second kappa shape index (κ2) is 6.40. The van der Waals surface area contributed by atoms with Crippen molar-refractivity contribution in [2.45, 2.75) is 46.1 Å². The third-order valence-electron chi connectivity index (χ3n) is 4.24. The second-order valence-corrected chi connectivity index (χ2v) is 6.42. The van der Waals surface area contributed by atoms with Gasteiger partial charge in [0.15, 0.2) is 0 Å². The third-order valence-corrected chi connectivity index (χ3v) is 4.24. The van der Waals surface area contributed by atoms with E-state index in [2.05, 4.69) is 55.7 Å². The zero-order valence-electron chi connectivity index (χ0n) is 12.8. The molecule has 110 valence electrons. The molecule has 1 aliphatic rings. The van der Waals surface area contributed by atoms with Gasteiger partial charge in [0.1, 0.15) is 0 Å². The normalized spacial score (nSPS) is 22.8. The molecular formula is C17H26N2O. The van der Waals surface area contributed by atoms with E-state index < -0.39 is 0 Å². The van der Waals surface area contributed by atoms with Crippen LogP contribution in [0.3, 0.4) is 0 Å². The monoisotopic (exact) mass is 274 g/mol. The van der Waals surface area contributed by atoms with Crippen LogP contribution in [-0.4, -0.2) is 19.0 Å². The van der Waals surface area contributed by atoms with E-state index in [0.29, 0.717) is 12.5 Å². The Morgan fingerprint density at radius 3 is 2.60 bits per heavy atom. The van der Waals surface area contributed by atoms with E-state index in [4.69, 9.17) is 0 Å². The standard InChI is InChI=1S/C17H26N2O/c1-13(2)15-7-5-14(6-8-15)11-19-16(20)17(3)9-4-10-18-12-17/h5-8,13,18H,4,9-12H2,1-3H3,(H,19,20). The van der Waals surface area contributed by atoms with Crippen molar-refractivity contribution in [1.29, 1.82) is 0 Å². The Kier molecular flexibility index (Phi) is 4.81. The average molecular weight is 274 g/mol. The maximum Gasteiger partial charge on any atom is 0.227 e. The number of piperidine rings is 1. The summed E-state index contributed by atoms with van der Waals surface area (Å²) in [6, 6.07) is 8.51. The molecule has 2 N–H and O–H groups in total. The molecule has 0 spiro atoms. The number of nitrogens with one attached hydrogen (secondary N) is 2. The molecule has 1 atom stereocenters. The fourth-order valence-electron chi connectivity index (χ4n) is 2.67. The van der Waals surface area contributed by atoms with Crippen LogP contribution in [0.15, 0.2) is 24.3 Å². The largest absolute Gasteiger partial charge is 0.352 e. The molecule has 1 amide bonds. The summed E-state index contributed by atoms with van der Waals surface area (Å²) in [5.41, 5.74) is 2.24. The molecule has 20 heavy (non-hydrogen) atoms. The topological polar surface area (TPSA) is 41.1 Å². The smallest absolute Gasteiger partial charge is 0.227 e. The lowest BCUT2D eigenvalue weighted by atomic mass is 9.82. The molecule has 1 aromatic rings. The van der Waals surface area contributed by atoms with Crippen LogP contribution in [-0.2, 0) is 11.3 Å². The first kappa shape index (κ1) is 15.0. The summed E-state index contributed by atoms with van der Waals surface area (Å²) >= 11 is 0. The molecule has 1 heterocycles. The van der Waals surface area contributed by atoms with E-state index in [0.717, 1.165) is 31.5 Å². The van der Waals surface area contributed by atoms with E-state index >= 15 is 0 Å². The maximum atomic E-state index is 12.3. The Morgan fingerprint density at radius 2 is 2.05 bits per heavy atom. The van der Waals surface area contributed by atoms with Gasteiger partial charge in [0.05, 0.1) is 5.41 Å². The van der Waals surface area contributed by atoms with Gasteiger partial charge in [0.25, 0.3) is 0 Å². The van der Waals surface area contributed by atoms with Gasteiger partial charge < -0.3 is 10.6 Å². The van der Waals surface area contributed by atoms with Gasteiger partial charge in [-0.3, -0.25) is 4.79 Å². The van der Waals surface area contributed by atoms with Gasteiger partial charge in [0, 0.05) is 13.1 Å². The first-order valence-electron chi connectivity index (χ1n) is 7.59. The first-order chi connectivity index (χ1) is 9.51. The predicted octanol–water partition coefficient (Wildman–Crippen LogP) is 2.82. The minimum Gasteiger partial charge on any atom is -0.352 e. The summed E-state index contributed by atoms with van der Waals surface area (Å²) in [6.07, 6.45) is 2.05. The number of hydrogen-bond donors (Lipinski definition) is 2. The lowest BCUT2D eigenvalue weighted by Gasteiger charge is -2.32. The van der Waals surface area contributed by atoms with Gasteiger partial charge in [-0.2, -0.15) is 0 Å². The quantitative estimate of drug-likeness (QED) is 0.886. The van der Waals surface area contributed by atoms with E-state index in [1.807, 2.05) is 0 Å². The molecule has 1 saturated heterocycles. The highest BCUT2D eigenvalue weighted by molar-refractivity contribution is 5.82. The van der Waals surface area contributed by atoms with Crippen LogP contribution in [0.25, 0.3) is 0 Å². The number of hydrogen-bond acceptors (Lipinski definition) is 2. The number of amides is 1. The molecule has 0 bridgehead atoms.